The van der Waals surface area contributed by atoms with E-state index in [9.17, 15) is 4.39 Å². The van der Waals surface area contributed by atoms with Crippen molar-refractivity contribution < 1.29 is 9.13 Å². The third-order valence-electron chi connectivity index (χ3n) is 5.90. The minimum absolute atomic E-state index is 0.178. The lowest BCUT2D eigenvalue weighted by atomic mass is 10.0. The first-order valence-corrected chi connectivity index (χ1v) is 12.8. The number of rotatable bonds is 1. The quantitative estimate of drug-likeness (QED) is 0.350. The molecule has 0 bridgehead atoms. The summed E-state index contributed by atoms with van der Waals surface area (Å²) in [5, 5.41) is 0. The topological polar surface area (TPSA) is 28.1 Å². The SMILES string of the molecule is C1CCC1.CN(C)C.CN=C(OC1CCCC1)N1CCc2ccccc2C1.Fc1ccccc1. The molecule has 2 aromatic carbocycles. The van der Waals surface area contributed by atoms with Crippen molar-refractivity contribution in [1.29, 1.82) is 0 Å². The molecule has 2 saturated carbocycles. The van der Waals surface area contributed by atoms with Gasteiger partial charge in [-0.3, -0.25) is 0 Å². The highest BCUT2D eigenvalue weighted by Gasteiger charge is 2.24. The number of fused-ring (bicyclic) bond motifs is 1. The summed E-state index contributed by atoms with van der Waals surface area (Å²) < 4.78 is 18.0. The molecule has 0 unspecified atom stereocenters. The average Bonchev–Trinajstić information content (AvgIpc) is 3.30. The highest BCUT2D eigenvalue weighted by atomic mass is 19.1. The molecule has 5 rings (SSSR count). The van der Waals surface area contributed by atoms with Gasteiger partial charge < -0.3 is 14.5 Å². The van der Waals surface area contributed by atoms with E-state index in [4.69, 9.17) is 4.74 Å². The number of aliphatic imine (C=N–C) groups is 1. The fourth-order valence-corrected chi connectivity index (χ4v) is 3.75. The van der Waals surface area contributed by atoms with Crippen molar-refractivity contribution in [3.05, 3.63) is 71.5 Å². The van der Waals surface area contributed by atoms with Gasteiger partial charge in [-0.15, -0.1) is 0 Å². The minimum Gasteiger partial charge on any atom is -0.462 e. The van der Waals surface area contributed by atoms with Crippen molar-refractivity contribution in [2.75, 3.05) is 34.7 Å². The van der Waals surface area contributed by atoms with Crippen LogP contribution in [-0.4, -0.2) is 56.7 Å². The predicted molar refractivity (Wildman–Crippen MR) is 142 cm³/mol. The van der Waals surface area contributed by atoms with Gasteiger partial charge in [0.15, 0.2) is 0 Å². The molecule has 0 amide bonds. The average molecular weight is 470 g/mol. The summed E-state index contributed by atoms with van der Waals surface area (Å²) in [5.41, 5.74) is 2.87. The number of halogens is 1. The van der Waals surface area contributed by atoms with Gasteiger partial charge in [0, 0.05) is 20.1 Å². The van der Waals surface area contributed by atoms with Crippen LogP contribution in [0.1, 0.15) is 62.5 Å². The number of hydrogen-bond donors (Lipinski definition) is 0. The second kappa shape index (κ2) is 16.3. The normalized spacial score (nSPS) is 17.1. The standard InChI is InChI=1S/C16H22N2O.C6H5F.C4H8.C3H9N/c1-17-16(19-15-8-4-5-9-15)18-11-10-13-6-2-3-7-14(13)12-18;7-6-4-2-1-3-5-6;1-2-4-3-1;1-4(2)3/h2-3,6-7,15H,4-5,8-12H2,1H3;1-5H;1-4H2;1-3H3. The lowest BCUT2D eigenvalue weighted by Gasteiger charge is -2.31. The highest BCUT2D eigenvalue weighted by molar-refractivity contribution is 5.74. The summed E-state index contributed by atoms with van der Waals surface area (Å²) >= 11 is 0. The molecule has 34 heavy (non-hydrogen) atoms. The van der Waals surface area contributed by atoms with E-state index in [1.54, 1.807) is 18.2 Å². The Morgan fingerprint density at radius 3 is 1.85 bits per heavy atom. The second-order valence-corrected chi connectivity index (χ2v) is 9.52. The molecule has 2 aromatic rings. The van der Waals surface area contributed by atoms with E-state index in [1.165, 1.54) is 74.6 Å². The van der Waals surface area contributed by atoms with E-state index in [1.807, 2.05) is 33.1 Å². The van der Waals surface area contributed by atoms with Gasteiger partial charge in [0.1, 0.15) is 11.9 Å². The molecular weight excluding hydrogens is 425 g/mol. The maximum absolute atomic E-state index is 11.9. The Morgan fingerprint density at radius 1 is 0.853 bits per heavy atom. The van der Waals surface area contributed by atoms with Gasteiger partial charge in [0.25, 0.3) is 6.02 Å². The molecule has 0 saturated heterocycles. The van der Waals surface area contributed by atoms with Gasteiger partial charge in [-0.1, -0.05) is 68.1 Å². The Labute approximate surface area is 206 Å². The molecule has 1 aliphatic heterocycles. The smallest absolute Gasteiger partial charge is 0.287 e. The maximum Gasteiger partial charge on any atom is 0.287 e. The van der Waals surface area contributed by atoms with Crippen molar-refractivity contribution in [2.24, 2.45) is 4.99 Å². The molecule has 2 aliphatic carbocycles. The highest BCUT2D eigenvalue weighted by Crippen LogP contribution is 2.24. The fourth-order valence-electron chi connectivity index (χ4n) is 3.75. The van der Waals surface area contributed by atoms with Crippen LogP contribution < -0.4 is 0 Å². The van der Waals surface area contributed by atoms with Crippen molar-refractivity contribution >= 4 is 6.02 Å². The predicted octanol–water partition coefficient (Wildman–Crippen LogP) is 6.55. The third-order valence-corrected chi connectivity index (χ3v) is 5.90. The Bertz CT molecular complexity index is 808. The van der Waals surface area contributed by atoms with E-state index in [0.29, 0.717) is 6.10 Å². The zero-order chi connectivity index (χ0) is 24.6. The summed E-state index contributed by atoms with van der Waals surface area (Å²) in [7, 11) is 7.84. The van der Waals surface area contributed by atoms with Crippen molar-refractivity contribution in [2.45, 2.75) is 70.4 Å². The molecule has 188 valence electrons. The van der Waals surface area contributed by atoms with Crippen molar-refractivity contribution in [1.82, 2.24) is 9.80 Å². The first-order valence-electron chi connectivity index (χ1n) is 12.8. The Morgan fingerprint density at radius 2 is 1.38 bits per heavy atom. The van der Waals surface area contributed by atoms with Crippen molar-refractivity contribution in [3.8, 4) is 0 Å². The van der Waals surface area contributed by atoms with Crippen LogP contribution in [0.25, 0.3) is 0 Å². The first-order chi connectivity index (χ1) is 16.5. The number of amidine groups is 1. The molecule has 2 fully saturated rings. The fraction of sp³-hybridized carbons (Fsp3) is 0.552. The number of hydrogen-bond acceptors (Lipinski definition) is 3. The minimum atomic E-state index is -0.178. The summed E-state index contributed by atoms with van der Waals surface area (Å²) in [5.74, 6) is -0.178. The van der Waals surface area contributed by atoms with Crippen LogP contribution in [0.3, 0.4) is 0 Å². The maximum atomic E-state index is 11.9. The lowest BCUT2D eigenvalue weighted by Crippen LogP contribution is -2.38. The molecule has 0 radical (unpaired) electrons. The number of nitrogens with zero attached hydrogens (tertiary/aromatic N) is 3. The van der Waals surface area contributed by atoms with Gasteiger partial charge in [0.05, 0.1) is 0 Å². The van der Waals surface area contributed by atoms with Gasteiger partial charge >= 0.3 is 0 Å². The largest absolute Gasteiger partial charge is 0.462 e. The molecule has 0 aromatic heterocycles. The van der Waals surface area contributed by atoms with Crippen LogP contribution in [0, 0.1) is 5.82 Å². The lowest BCUT2D eigenvalue weighted by molar-refractivity contribution is 0.148. The zero-order valence-corrected chi connectivity index (χ0v) is 21.7. The van der Waals surface area contributed by atoms with Crippen LogP contribution in [-0.2, 0) is 17.7 Å². The van der Waals surface area contributed by atoms with Gasteiger partial charge in [0.2, 0.25) is 0 Å². The Balaban J connectivity index is 0.000000221. The molecule has 3 aliphatic rings. The van der Waals surface area contributed by atoms with E-state index < -0.39 is 0 Å². The van der Waals surface area contributed by atoms with Gasteiger partial charge in [-0.05, 0) is 76.5 Å². The van der Waals surface area contributed by atoms with Crippen LogP contribution in [0.5, 0.6) is 0 Å². The van der Waals surface area contributed by atoms with Crippen molar-refractivity contribution in [3.63, 3.8) is 0 Å². The van der Waals surface area contributed by atoms with Crippen LogP contribution >= 0.6 is 0 Å². The van der Waals surface area contributed by atoms with Crippen LogP contribution in [0.4, 0.5) is 4.39 Å². The first kappa shape index (κ1) is 27.8. The molecule has 0 spiro atoms. The summed E-state index contributed by atoms with van der Waals surface area (Å²) in [4.78, 5) is 8.65. The van der Waals surface area contributed by atoms with Gasteiger partial charge in [-0.2, -0.15) is 0 Å². The summed E-state index contributed by atoms with van der Waals surface area (Å²) in [6, 6.07) is 17.5. The van der Waals surface area contributed by atoms with Crippen LogP contribution in [0.2, 0.25) is 0 Å². The molecule has 4 nitrogen and oxygen atoms in total. The van der Waals surface area contributed by atoms with E-state index in [0.717, 1.165) is 25.5 Å². The molecule has 0 atom stereocenters. The third kappa shape index (κ3) is 11.1. The molecule has 5 heteroatoms. The van der Waals surface area contributed by atoms with Gasteiger partial charge in [-0.25, -0.2) is 9.38 Å². The number of benzene rings is 2. The Hall–Kier alpha value is -2.40. The van der Waals surface area contributed by atoms with E-state index in [-0.39, 0.29) is 5.82 Å². The number of ether oxygens (including phenoxy) is 1. The zero-order valence-electron chi connectivity index (χ0n) is 21.7. The molecule has 1 heterocycles. The van der Waals surface area contributed by atoms with E-state index >= 15 is 0 Å². The molecular formula is C29H44FN3O. The van der Waals surface area contributed by atoms with Crippen LogP contribution in [0.15, 0.2) is 59.6 Å². The second-order valence-electron chi connectivity index (χ2n) is 9.52. The molecule has 0 N–H and O–H groups in total. The Kier molecular flexibility index (Phi) is 13.3. The summed E-state index contributed by atoms with van der Waals surface area (Å²) in [6.07, 6.45) is 12.4. The monoisotopic (exact) mass is 469 g/mol. The van der Waals surface area contributed by atoms with E-state index in [2.05, 4.69) is 34.2 Å². The summed E-state index contributed by atoms with van der Waals surface area (Å²) in [6.45, 7) is 1.94.